The summed E-state index contributed by atoms with van der Waals surface area (Å²) >= 11 is 6.03. The van der Waals surface area contributed by atoms with Crippen LogP contribution in [0.2, 0.25) is 5.02 Å². The van der Waals surface area contributed by atoms with Crippen molar-refractivity contribution in [1.29, 1.82) is 0 Å². The molecule has 0 radical (unpaired) electrons. The van der Waals surface area contributed by atoms with Gasteiger partial charge in [0.2, 0.25) is 0 Å². The minimum absolute atomic E-state index is 0.0481. The predicted molar refractivity (Wildman–Crippen MR) is 72.6 cm³/mol. The monoisotopic (exact) mass is 290 g/mol. The molecule has 0 bridgehead atoms. The Labute approximate surface area is 118 Å². The minimum Gasteiger partial charge on any atom is -0.476 e. The lowest BCUT2D eigenvalue weighted by Gasteiger charge is -2.03. The second-order valence-electron chi connectivity index (χ2n) is 4.17. The van der Waals surface area contributed by atoms with E-state index < -0.39 is 11.8 Å². The number of carboxylic acid groups (broad SMARTS) is 1. The van der Waals surface area contributed by atoms with Crippen LogP contribution in [0.3, 0.4) is 0 Å². The summed E-state index contributed by atoms with van der Waals surface area (Å²) in [4.78, 5) is 15.7. The van der Waals surface area contributed by atoms with E-state index in [2.05, 4.69) is 4.98 Å². The quantitative estimate of drug-likeness (QED) is 0.786. The molecule has 1 N–H and O–H groups in total. The normalized spacial score (nSPS) is 10.9. The van der Waals surface area contributed by atoms with Gasteiger partial charge in [0.05, 0.1) is 5.02 Å². The summed E-state index contributed by atoms with van der Waals surface area (Å²) in [6, 6.07) is 8.87. The highest BCUT2D eigenvalue weighted by Crippen LogP contribution is 2.31. The summed E-state index contributed by atoms with van der Waals surface area (Å²) in [7, 11) is 0. The van der Waals surface area contributed by atoms with E-state index in [1.807, 2.05) is 0 Å². The lowest BCUT2D eigenvalue weighted by Crippen LogP contribution is -2.03. The third kappa shape index (κ3) is 1.92. The highest BCUT2D eigenvalue weighted by molar-refractivity contribution is 6.33. The number of hydrogen-bond acceptors (Lipinski definition) is 2. The molecule has 6 heteroatoms. The van der Waals surface area contributed by atoms with E-state index in [4.69, 9.17) is 11.6 Å². The Morgan fingerprint density at radius 3 is 2.85 bits per heavy atom. The van der Waals surface area contributed by atoms with Crippen LogP contribution in [0.15, 0.2) is 42.6 Å². The maximum atomic E-state index is 13.4. The number of aromatic carboxylic acids is 1. The molecule has 2 heterocycles. The molecule has 0 spiro atoms. The number of benzene rings is 1. The topological polar surface area (TPSA) is 54.6 Å². The first kappa shape index (κ1) is 12.6. The second kappa shape index (κ2) is 4.61. The number of carboxylic acids is 1. The number of rotatable bonds is 2. The molecule has 0 saturated heterocycles. The van der Waals surface area contributed by atoms with Crippen LogP contribution >= 0.6 is 11.6 Å². The molecule has 0 amide bonds. The number of imidazole rings is 1. The molecular formula is C14H8ClFN2O2. The van der Waals surface area contributed by atoms with Crippen LogP contribution in [0.5, 0.6) is 0 Å². The van der Waals surface area contributed by atoms with Gasteiger partial charge in [-0.1, -0.05) is 17.7 Å². The van der Waals surface area contributed by atoms with E-state index in [0.717, 1.165) is 0 Å². The minimum atomic E-state index is -1.15. The van der Waals surface area contributed by atoms with Gasteiger partial charge in [0, 0.05) is 11.8 Å². The summed E-state index contributed by atoms with van der Waals surface area (Å²) in [6.07, 6.45) is 1.59. The lowest BCUT2D eigenvalue weighted by molar-refractivity contribution is 0.0690. The largest absolute Gasteiger partial charge is 0.476 e. The standard InChI is InChI=1S/C14H8ClFN2O2/c15-10-5-4-8(16)7-9(10)12-13(14(19)20)18-6-2-1-3-11(18)17-12/h1-7H,(H,19,20). The molecule has 0 aliphatic heterocycles. The second-order valence-corrected chi connectivity index (χ2v) is 4.57. The third-order valence-electron chi connectivity index (χ3n) is 2.92. The number of hydrogen-bond donors (Lipinski definition) is 1. The fourth-order valence-electron chi connectivity index (χ4n) is 2.07. The van der Waals surface area contributed by atoms with Crippen molar-refractivity contribution >= 4 is 23.2 Å². The third-order valence-corrected chi connectivity index (χ3v) is 3.25. The molecule has 1 aromatic carbocycles. The average Bonchev–Trinajstić information content (AvgIpc) is 2.80. The number of halogens is 2. The van der Waals surface area contributed by atoms with E-state index >= 15 is 0 Å². The van der Waals surface area contributed by atoms with Gasteiger partial charge in [-0.15, -0.1) is 0 Å². The predicted octanol–water partition coefficient (Wildman–Crippen LogP) is 3.49. The zero-order valence-corrected chi connectivity index (χ0v) is 10.8. The fraction of sp³-hybridized carbons (Fsp3) is 0. The Hall–Kier alpha value is -2.40. The van der Waals surface area contributed by atoms with Crippen molar-refractivity contribution < 1.29 is 14.3 Å². The van der Waals surface area contributed by atoms with Crippen LogP contribution in [-0.2, 0) is 0 Å². The van der Waals surface area contributed by atoms with Gasteiger partial charge in [-0.3, -0.25) is 4.40 Å². The van der Waals surface area contributed by atoms with Gasteiger partial charge in [-0.05, 0) is 30.3 Å². The molecule has 0 atom stereocenters. The molecule has 0 aliphatic rings. The van der Waals surface area contributed by atoms with E-state index in [9.17, 15) is 14.3 Å². The maximum absolute atomic E-state index is 13.4. The Morgan fingerprint density at radius 2 is 2.10 bits per heavy atom. The molecule has 100 valence electrons. The Balaban J connectivity index is 2.38. The SMILES string of the molecule is O=C(O)c1c(-c2cc(F)ccc2Cl)nc2ccccn12. The first-order valence-electron chi connectivity index (χ1n) is 5.74. The molecule has 3 rings (SSSR count). The number of pyridine rings is 1. The fourth-order valence-corrected chi connectivity index (χ4v) is 2.27. The average molecular weight is 291 g/mol. The number of nitrogens with zero attached hydrogens (tertiary/aromatic N) is 2. The van der Waals surface area contributed by atoms with Crippen LogP contribution in [-0.4, -0.2) is 20.5 Å². The van der Waals surface area contributed by atoms with E-state index in [0.29, 0.717) is 5.65 Å². The Morgan fingerprint density at radius 1 is 1.30 bits per heavy atom. The number of aromatic nitrogens is 2. The van der Waals surface area contributed by atoms with E-state index in [-0.39, 0.29) is 22.0 Å². The molecule has 0 saturated carbocycles. The summed E-state index contributed by atoms with van der Waals surface area (Å²) < 4.78 is 14.8. The smallest absolute Gasteiger partial charge is 0.355 e. The van der Waals surface area contributed by atoms with Crippen molar-refractivity contribution in [3.8, 4) is 11.3 Å². The van der Waals surface area contributed by atoms with Crippen molar-refractivity contribution in [3.63, 3.8) is 0 Å². The van der Waals surface area contributed by atoms with Crippen molar-refractivity contribution in [3.05, 3.63) is 59.1 Å². The van der Waals surface area contributed by atoms with Crippen LogP contribution in [0.1, 0.15) is 10.5 Å². The lowest BCUT2D eigenvalue weighted by atomic mass is 10.1. The molecule has 2 aromatic heterocycles. The van der Waals surface area contributed by atoms with Gasteiger partial charge in [0.15, 0.2) is 5.69 Å². The van der Waals surface area contributed by atoms with Gasteiger partial charge in [0.25, 0.3) is 0 Å². The number of fused-ring (bicyclic) bond motifs is 1. The summed E-state index contributed by atoms with van der Waals surface area (Å²) in [6.45, 7) is 0. The Bertz CT molecular complexity index is 829. The van der Waals surface area contributed by atoms with Crippen LogP contribution < -0.4 is 0 Å². The van der Waals surface area contributed by atoms with Crippen LogP contribution in [0.4, 0.5) is 4.39 Å². The van der Waals surface area contributed by atoms with Crippen molar-refractivity contribution in [2.24, 2.45) is 0 Å². The highest BCUT2D eigenvalue weighted by Gasteiger charge is 2.21. The zero-order chi connectivity index (χ0) is 14.3. The van der Waals surface area contributed by atoms with Crippen LogP contribution in [0.25, 0.3) is 16.9 Å². The van der Waals surface area contributed by atoms with Crippen molar-refractivity contribution in [2.75, 3.05) is 0 Å². The van der Waals surface area contributed by atoms with Gasteiger partial charge in [-0.2, -0.15) is 0 Å². The number of carbonyl (C=O) groups is 1. The van der Waals surface area contributed by atoms with Gasteiger partial charge < -0.3 is 5.11 Å². The molecular weight excluding hydrogens is 283 g/mol. The molecule has 20 heavy (non-hydrogen) atoms. The molecule has 4 nitrogen and oxygen atoms in total. The molecule has 0 fully saturated rings. The molecule has 0 aliphatic carbocycles. The van der Waals surface area contributed by atoms with Gasteiger partial charge in [0.1, 0.15) is 17.2 Å². The summed E-state index contributed by atoms with van der Waals surface area (Å²) in [5, 5.41) is 9.62. The molecule has 0 unspecified atom stereocenters. The maximum Gasteiger partial charge on any atom is 0.355 e. The Kier molecular flexibility index (Phi) is 2.91. The summed E-state index contributed by atoms with van der Waals surface area (Å²) in [5.41, 5.74) is 0.814. The zero-order valence-electron chi connectivity index (χ0n) is 10.0. The van der Waals surface area contributed by atoms with Crippen LogP contribution in [0, 0.1) is 5.82 Å². The summed E-state index contributed by atoms with van der Waals surface area (Å²) in [5.74, 6) is -1.66. The van der Waals surface area contributed by atoms with Gasteiger partial charge in [-0.25, -0.2) is 14.2 Å². The first-order valence-corrected chi connectivity index (χ1v) is 6.11. The van der Waals surface area contributed by atoms with E-state index in [1.54, 1.807) is 24.4 Å². The highest BCUT2D eigenvalue weighted by atomic mass is 35.5. The molecule has 3 aromatic rings. The van der Waals surface area contributed by atoms with E-state index in [1.165, 1.54) is 22.6 Å². The first-order chi connectivity index (χ1) is 9.58. The van der Waals surface area contributed by atoms with Gasteiger partial charge >= 0.3 is 5.97 Å². The van der Waals surface area contributed by atoms with Crippen molar-refractivity contribution in [1.82, 2.24) is 9.38 Å². The van der Waals surface area contributed by atoms with Crippen molar-refractivity contribution in [2.45, 2.75) is 0 Å².